The van der Waals surface area contributed by atoms with E-state index >= 15 is 0 Å². The maximum Gasteiger partial charge on any atom is 0.340 e. The smallest absolute Gasteiger partial charge is 0.340 e. The highest BCUT2D eigenvalue weighted by Crippen LogP contribution is 2.33. The molecule has 0 bridgehead atoms. The fourth-order valence-corrected chi connectivity index (χ4v) is 11.2. The van der Waals surface area contributed by atoms with E-state index in [4.69, 9.17) is 4.74 Å². The number of carboxylic acid groups (broad SMARTS) is 1. The van der Waals surface area contributed by atoms with Gasteiger partial charge in [0, 0.05) is 27.1 Å². The predicted molar refractivity (Wildman–Crippen MR) is 188 cm³/mol. The molecule has 0 spiro atoms. The van der Waals surface area contributed by atoms with E-state index in [1.54, 1.807) is 13.0 Å². The van der Waals surface area contributed by atoms with Crippen molar-refractivity contribution in [3.05, 3.63) is 44.7 Å². The van der Waals surface area contributed by atoms with Crippen molar-refractivity contribution in [2.45, 2.75) is 32.6 Å². The van der Waals surface area contributed by atoms with Crippen LogP contribution in [0.4, 0.5) is 11.4 Å². The zero-order valence-corrected chi connectivity index (χ0v) is 31.4. The molecule has 2 rings (SSSR count). The van der Waals surface area contributed by atoms with Crippen molar-refractivity contribution in [2.75, 3.05) is 17.2 Å². The molecule has 194 valence electrons. The molecule has 0 aliphatic heterocycles. The highest BCUT2D eigenvalue weighted by atomic mass is 127. The Bertz CT molecular complexity index is 1220. The highest BCUT2D eigenvalue weighted by Gasteiger charge is 2.23. The summed E-state index contributed by atoms with van der Waals surface area (Å²) in [4.78, 5) is 48.9. The maximum absolute atomic E-state index is 12.6. The van der Waals surface area contributed by atoms with E-state index in [1.807, 2.05) is 73.8 Å². The Balaban J connectivity index is 1.96. The first-order chi connectivity index (χ1) is 16.9. The predicted octanol–water partition coefficient (Wildman–Crippen LogP) is 7.33. The van der Waals surface area contributed by atoms with E-state index in [0.29, 0.717) is 40.5 Å². The summed E-state index contributed by atoms with van der Waals surface area (Å²) in [6.07, 6.45) is 1.38. The van der Waals surface area contributed by atoms with Crippen molar-refractivity contribution in [2.24, 2.45) is 0 Å². The lowest BCUT2D eigenvalue weighted by Gasteiger charge is -2.15. The second-order valence-electron chi connectivity index (χ2n) is 7.14. The van der Waals surface area contributed by atoms with Crippen molar-refractivity contribution in [1.29, 1.82) is 0 Å². The largest absolute Gasteiger partial charge is 0.478 e. The van der Waals surface area contributed by atoms with Crippen LogP contribution in [0.1, 0.15) is 53.3 Å². The summed E-state index contributed by atoms with van der Waals surface area (Å²) in [7, 11) is 0. The first-order valence-electron chi connectivity index (χ1n) is 10.2. The monoisotopic (exact) mass is 1170 g/mol. The van der Waals surface area contributed by atoms with E-state index in [2.05, 4.69) is 78.4 Å². The third-order valence-corrected chi connectivity index (χ3v) is 10.2. The molecular weight excluding hydrogens is 1150 g/mol. The van der Waals surface area contributed by atoms with Crippen molar-refractivity contribution >= 4 is 171 Å². The lowest BCUT2D eigenvalue weighted by Crippen LogP contribution is -2.18. The molecule has 14 heteroatoms. The van der Waals surface area contributed by atoms with Crippen LogP contribution < -0.4 is 10.6 Å². The molecule has 0 aliphatic carbocycles. The van der Waals surface area contributed by atoms with Gasteiger partial charge in [0.1, 0.15) is 0 Å². The molecule has 36 heavy (non-hydrogen) atoms. The quantitative estimate of drug-likeness (QED) is 0.130. The van der Waals surface area contributed by atoms with Gasteiger partial charge in [0.15, 0.2) is 0 Å². The van der Waals surface area contributed by atoms with Crippen LogP contribution in [0.2, 0.25) is 0 Å². The number of carboxylic acids is 1. The molecule has 0 unspecified atom stereocenters. The molecule has 0 heterocycles. The second kappa shape index (κ2) is 15.5. The molecule has 0 atom stereocenters. The zero-order chi connectivity index (χ0) is 27.2. The van der Waals surface area contributed by atoms with Crippen LogP contribution in [0.5, 0.6) is 0 Å². The van der Waals surface area contributed by atoms with E-state index in [0.717, 1.165) is 10.7 Å². The number of nitrogens with one attached hydrogen (secondary N) is 2. The van der Waals surface area contributed by atoms with Gasteiger partial charge in [0.25, 0.3) is 0 Å². The first-order valence-corrected chi connectivity index (χ1v) is 16.7. The number of esters is 1. The number of hydrogen-bond acceptors (Lipinski definition) is 5. The zero-order valence-electron chi connectivity index (χ0n) is 18.4. The lowest BCUT2D eigenvalue weighted by molar-refractivity contribution is -0.118. The molecule has 0 saturated carbocycles. The van der Waals surface area contributed by atoms with Crippen molar-refractivity contribution < 1.29 is 29.0 Å². The third kappa shape index (κ3) is 8.86. The Labute approximate surface area is 289 Å². The van der Waals surface area contributed by atoms with Crippen molar-refractivity contribution in [3.63, 3.8) is 0 Å². The van der Waals surface area contributed by atoms with Crippen LogP contribution >= 0.6 is 136 Å². The minimum Gasteiger partial charge on any atom is -0.478 e. The Morgan fingerprint density at radius 2 is 1.17 bits per heavy atom. The maximum atomic E-state index is 12.6. The third-order valence-electron chi connectivity index (χ3n) is 4.62. The number of benzene rings is 2. The average Bonchev–Trinajstić information content (AvgIpc) is 2.76. The normalized spacial score (nSPS) is 10.6. The van der Waals surface area contributed by atoms with Gasteiger partial charge in [0.05, 0.1) is 36.2 Å². The van der Waals surface area contributed by atoms with Gasteiger partial charge in [-0.2, -0.15) is 0 Å². The van der Waals surface area contributed by atoms with E-state index in [9.17, 15) is 24.3 Å². The summed E-state index contributed by atoms with van der Waals surface area (Å²) in [6, 6.07) is 3.53. The van der Waals surface area contributed by atoms with E-state index in [1.165, 1.54) is 0 Å². The number of rotatable bonds is 10. The molecule has 3 N–H and O–H groups in total. The average molecular weight is 1170 g/mol. The number of halogens is 6. The fraction of sp³-hybridized carbons (Fsp3) is 0.273. The minimum absolute atomic E-state index is 0.162. The second-order valence-corrected chi connectivity index (χ2v) is 13.9. The molecule has 0 aromatic heterocycles. The number of hydrogen-bond donors (Lipinski definition) is 3. The SMILES string of the molecule is CCOC(=O)c1c(I)cc(I)c(NC(=O)CCCCC(=O)Nc2c(I)cc(I)c(C(=O)O)c2I)c1I. The number of aromatic carboxylic acids is 1. The molecule has 2 aromatic rings. The van der Waals surface area contributed by atoms with Gasteiger partial charge in [-0.25, -0.2) is 9.59 Å². The number of carbonyl (C=O) groups is 4. The van der Waals surface area contributed by atoms with Crippen molar-refractivity contribution in [3.8, 4) is 0 Å². The topological polar surface area (TPSA) is 122 Å². The summed E-state index contributed by atoms with van der Waals surface area (Å²) in [5.74, 6) is -1.94. The van der Waals surface area contributed by atoms with Crippen LogP contribution in [-0.2, 0) is 14.3 Å². The van der Waals surface area contributed by atoms with Gasteiger partial charge >= 0.3 is 11.9 Å². The molecule has 0 fully saturated rings. The number of carbonyl (C=O) groups excluding carboxylic acids is 3. The molecule has 8 nitrogen and oxygen atoms in total. The summed E-state index contributed by atoms with van der Waals surface area (Å²) in [5, 5.41) is 15.1. The van der Waals surface area contributed by atoms with E-state index in [-0.39, 0.29) is 36.8 Å². The lowest BCUT2D eigenvalue weighted by atomic mass is 10.1. The van der Waals surface area contributed by atoms with Crippen LogP contribution in [0.3, 0.4) is 0 Å². The first kappa shape index (κ1) is 32.9. The molecule has 2 amide bonds. The van der Waals surface area contributed by atoms with Crippen LogP contribution in [-0.4, -0.2) is 35.5 Å². The van der Waals surface area contributed by atoms with Crippen molar-refractivity contribution in [1.82, 2.24) is 0 Å². The van der Waals surface area contributed by atoms with Gasteiger partial charge in [-0.05, 0) is 167 Å². The molecule has 2 aromatic carbocycles. The van der Waals surface area contributed by atoms with Crippen LogP contribution in [0.25, 0.3) is 0 Å². The molecule has 0 radical (unpaired) electrons. The Hall–Kier alpha value is 0.700. The highest BCUT2D eigenvalue weighted by molar-refractivity contribution is 14.1. The van der Waals surface area contributed by atoms with Gasteiger partial charge in [-0.15, -0.1) is 0 Å². The number of unbranched alkanes of at least 4 members (excludes halogenated alkanes) is 1. The minimum atomic E-state index is -1.05. The Kier molecular flexibility index (Phi) is 14.1. The number of anilines is 2. The van der Waals surface area contributed by atoms with E-state index < -0.39 is 11.9 Å². The summed E-state index contributed by atoms with van der Waals surface area (Å²) >= 11 is 12.2. The fourth-order valence-electron chi connectivity index (χ4n) is 2.97. The van der Waals surface area contributed by atoms with Gasteiger partial charge in [-0.1, -0.05) is 0 Å². The Morgan fingerprint density at radius 1 is 0.750 bits per heavy atom. The summed E-state index contributed by atoms with van der Waals surface area (Å²) in [5.41, 5.74) is 1.64. The van der Waals surface area contributed by atoms with Gasteiger partial charge < -0.3 is 20.5 Å². The summed E-state index contributed by atoms with van der Waals surface area (Å²) in [6.45, 7) is 2.00. The van der Waals surface area contributed by atoms with Gasteiger partial charge in [0.2, 0.25) is 11.8 Å². The standard InChI is InChI=1S/C22H18I6N2O6/c1-2-36-22(35)16-10(24)8-12(26)20(18(16)28)30-14(32)6-4-3-5-13(31)29-19-11(25)7-9(23)15(17(19)27)21(33)34/h7-8H,2-6H2,1H3,(H,29,31)(H,30,32)(H,33,34). The van der Waals surface area contributed by atoms with Crippen LogP contribution in [0, 0.1) is 21.4 Å². The Morgan fingerprint density at radius 3 is 1.58 bits per heavy atom. The summed E-state index contributed by atoms with van der Waals surface area (Å²) < 4.78 is 9.15. The molecular formula is C22H18I6N2O6. The number of ether oxygens (including phenoxy) is 1. The molecule has 0 aliphatic rings. The number of amides is 2. The molecule has 0 saturated heterocycles. The van der Waals surface area contributed by atoms with Gasteiger partial charge in [-0.3, -0.25) is 9.59 Å². The van der Waals surface area contributed by atoms with Crippen LogP contribution in [0.15, 0.2) is 12.1 Å².